The molecule has 0 radical (unpaired) electrons. The van der Waals surface area contributed by atoms with E-state index in [-0.39, 0.29) is 11.6 Å². The molecule has 3 N–H and O–H groups in total. The SMILES string of the molecule is CC(C)n1ncnc1CC(NN)C(C)(C)N1CCCCC1. The predicted octanol–water partition coefficient (Wildman–Crippen LogP) is 1.50. The summed E-state index contributed by atoms with van der Waals surface area (Å²) in [6.07, 6.45) is 6.33. The molecular formula is C15H30N6. The molecule has 21 heavy (non-hydrogen) atoms. The van der Waals surface area contributed by atoms with Gasteiger partial charge in [-0.05, 0) is 53.6 Å². The maximum atomic E-state index is 5.87. The Bertz CT molecular complexity index is 433. The molecule has 1 saturated heterocycles. The normalized spacial score (nSPS) is 19.1. The number of aromatic nitrogens is 3. The second-order valence-electron chi connectivity index (χ2n) is 6.84. The van der Waals surface area contributed by atoms with Crippen molar-refractivity contribution in [3.8, 4) is 0 Å². The number of rotatable bonds is 6. The molecule has 2 rings (SSSR count). The molecule has 0 saturated carbocycles. The summed E-state index contributed by atoms with van der Waals surface area (Å²) in [5.41, 5.74) is 3.02. The number of hydrogen-bond acceptors (Lipinski definition) is 5. The molecule has 0 aliphatic carbocycles. The largest absolute Gasteiger partial charge is 0.297 e. The van der Waals surface area contributed by atoms with Gasteiger partial charge < -0.3 is 0 Å². The lowest BCUT2D eigenvalue weighted by Gasteiger charge is -2.45. The second-order valence-corrected chi connectivity index (χ2v) is 6.84. The van der Waals surface area contributed by atoms with Crippen LogP contribution in [0.2, 0.25) is 0 Å². The second kappa shape index (κ2) is 6.85. The molecule has 1 aromatic heterocycles. The van der Waals surface area contributed by atoms with Crippen LogP contribution in [0.3, 0.4) is 0 Å². The number of likely N-dealkylation sites (tertiary alicyclic amines) is 1. The maximum absolute atomic E-state index is 5.87. The van der Waals surface area contributed by atoms with E-state index in [1.807, 2.05) is 4.68 Å². The van der Waals surface area contributed by atoms with Crippen molar-refractivity contribution in [2.45, 2.75) is 71.0 Å². The van der Waals surface area contributed by atoms with Crippen LogP contribution in [-0.4, -0.2) is 44.3 Å². The third-order valence-electron chi connectivity index (χ3n) is 4.75. The molecule has 1 fully saturated rings. The van der Waals surface area contributed by atoms with Gasteiger partial charge in [0.25, 0.3) is 0 Å². The Morgan fingerprint density at radius 3 is 2.52 bits per heavy atom. The minimum absolute atomic E-state index is 0.00291. The van der Waals surface area contributed by atoms with Gasteiger partial charge in [-0.15, -0.1) is 0 Å². The van der Waals surface area contributed by atoms with Gasteiger partial charge in [0.05, 0.1) is 0 Å². The summed E-state index contributed by atoms with van der Waals surface area (Å²) in [6.45, 7) is 11.1. The Hall–Kier alpha value is -0.980. The zero-order chi connectivity index (χ0) is 15.5. The Kier molecular flexibility index (Phi) is 5.35. The van der Waals surface area contributed by atoms with Crippen molar-refractivity contribution >= 4 is 0 Å². The number of hydrogen-bond donors (Lipinski definition) is 2. The minimum atomic E-state index is 0.00291. The van der Waals surface area contributed by atoms with Gasteiger partial charge in [-0.25, -0.2) is 9.67 Å². The van der Waals surface area contributed by atoms with Crippen molar-refractivity contribution in [1.29, 1.82) is 0 Å². The topological polar surface area (TPSA) is 72.0 Å². The zero-order valence-electron chi connectivity index (χ0n) is 13.8. The molecule has 0 amide bonds. The lowest BCUT2D eigenvalue weighted by molar-refractivity contribution is 0.0600. The first kappa shape index (κ1) is 16.4. The summed E-state index contributed by atoms with van der Waals surface area (Å²) in [5.74, 6) is 6.87. The quantitative estimate of drug-likeness (QED) is 0.614. The first-order valence-corrected chi connectivity index (χ1v) is 8.06. The highest BCUT2D eigenvalue weighted by Gasteiger charge is 2.36. The van der Waals surface area contributed by atoms with Gasteiger partial charge in [-0.2, -0.15) is 5.10 Å². The zero-order valence-corrected chi connectivity index (χ0v) is 13.8. The van der Waals surface area contributed by atoms with E-state index >= 15 is 0 Å². The summed E-state index contributed by atoms with van der Waals surface area (Å²) >= 11 is 0. The van der Waals surface area contributed by atoms with Crippen LogP contribution in [0, 0.1) is 0 Å². The van der Waals surface area contributed by atoms with Crippen LogP contribution in [0.1, 0.15) is 58.8 Å². The van der Waals surface area contributed by atoms with Crippen LogP contribution in [0.25, 0.3) is 0 Å². The molecule has 120 valence electrons. The van der Waals surface area contributed by atoms with E-state index in [1.54, 1.807) is 6.33 Å². The fourth-order valence-corrected chi connectivity index (χ4v) is 3.24. The summed E-state index contributed by atoms with van der Waals surface area (Å²) in [5, 5.41) is 4.32. The molecule has 0 aromatic carbocycles. The molecule has 0 spiro atoms. The molecule has 6 heteroatoms. The third kappa shape index (κ3) is 3.62. The smallest absolute Gasteiger partial charge is 0.138 e. The highest BCUT2D eigenvalue weighted by molar-refractivity contribution is 5.00. The Labute approximate surface area is 128 Å². The van der Waals surface area contributed by atoms with Gasteiger partial charge in [0, 0.05) is 24.0 Å². The van der Waals surface area contributed by atoms with Crippen LogP contribution in [0.4, 0.5) is 0 Å². The molecule has 0 bridgehead atoms. The predicted molar refractivity (Wildman–Crippen MR) is 84.7 cm³/mol. The molecule has 1 aromatic rings. The van der Waals surface area contributed by atoms with Gasteiger partial charge in [0.15, 0.2) is 0 Å². The average molecular weight is 294 g/mol. The summed E-state index contributed by atoms with van der Waals surface area (Å²) in [7, 11) is 0. The van der Waals surface area contributed by atoms with Gasteiger partial charge in [-0.1, -0.05) is 6.42 Å². The maximum Gasteiger partial charge on any atom is 0.138 e. The number of nitrogens with zero attached hydrogens (tertiary/aromatic N) is 4. The van der Waals surface area contributed by atoms with E-state index in [9.17, 15) is 0 Å². The summed E-state index contributed by atoms with van der Waals surface area (Å²) in [6, 6.07) is 0.469. The van der Waals surface area contributed by atoms with Crippen molar-refractivity contribution in [3.05, 3.63) is 12.2 Å². The molecule has 2 heterocycles. The summed E-state index contributed by atoms with van der Waals surface area (Å²) in [4.78, 5) is 6.97. The van der Waals surface area contributed by atoms with E-state index in [0.29, 0.717) is 6.04 Å². The van der Waals surface area contributed by atoms with Crippen molar-refractivity contribution < 1.29 is 0 Å². The highest BCUT2D eigenvalue weighted by atomic mass is 15.4. The number of hydrazine groups is 1. The number of piperidine rings is 1. The van der Waals surface area contributed by atoms with E-state index in [2.05, 4.69) is 48.1 Å². The van der Waals surface area contributed by atoms with E-state index in [4.69, 9.17) is 5.84 Å². The van der Waals surface area contributed by atoms with Gasteiger partial charge in [0.1, 0.15) is 12.2 Å². The van der Waals surface area contributed by atoms with Crippen molar-refractivity contribution in [1.82, 2.24) is 25.1 Å². The highest BCUT2D eigenvalue weighted by Crippen LogP contribution is 2.25. The first-order valence-electron chi connectivity index (χ1n) is 8.06. The molecule has 1 unspecified atom stereocenters. The van der Waals surface area contributed by atoms with Crippen LogP contribution >= 0.6 is 0 Å². The monoisotopic (exact) mass is 294 g/mol. The molecule has 6 nitrogen and oxygen atoms in total. The number of nitrogens with one attached hydrogen (secondary N) is 1. The fourth-order valence-electron chi connectivity index (χ4n) is 3.24. The average Bonchev–Trinajstić information content (AvgIpc) is 2.94. The number of nitrogens with two attached hydrogens (primary N) is 1. The van der Waals surface area contributed by atoms with E-state index < -0.39 is 0 Å². The third-order valence-corrected chi connectivity index (χ3v) is 4.75. The fraction of sp³-hybridized carbons (Fsp3) is 0.867. The molecule has 1 aliphatic heterocycles. The molecular weight excluding hydrogens is 264 g/mol. The Morgan fingerprint density at radius 1 is 1.29 bits per heavy atom. The molecule has 1 atom stereocenters. The van der Waals surface area contributed by atoms with Crippen LogP contribution in [0.5, 0.6) is 0 Å². The first-order chi connectivity index (χ1) is 9.96. The minimum Gasteiger partial charge on any atom is -0.297 e. The van der Waals surface area contributed by atoms with Gasteiger partial charge in [0.2, 0.25) is 0 Å². The van der Waals surface area contributed by atoms with Gasteiger partial charge in [-0.3, -0.25) is 16.2 Å². The van der Waals surface area contributed by atoms with Crippen LogP contribution < -0.4 is 11.3 Å². The lowest BCUT2D eigenvalue weighted by Crippen LogP contribution is -2.61. The standard InChI is InChI=1S/C15H30N6/c1-12(2)21-14(17-11-18-21)10-13(19-16)15(3,4)20-8-6-5-7-9-20/h11-13,19H,5-10,16H2,1-4H3. The van der Waals surface area contributed by atoms with Crippen molar-refractivity contribution in [3.63, 3.8) is 0 Å². The Balaban J connectivity index is 2.12. The Morgan fingerprint density at radius 2 is 1.95 bits per heavy atom. The van der Waals surface area contributed by atoms with E-state index in [0.717, 1.165) is 25.3 Å². The van der Waals surface area contributed by atoms with Gasteiger partial charge >= 0.3 is 0 Å². The van der Waals surface area contributed by atoms with Crippen LogP contribution in [0.15, 0.2) is 6.33 Å². The van der Waals surface area contributed by atoms with Crippen LogP contribution in [-0.2, 0) is 6.42 Å². The lowest BCUT2D eigenvalue weighted by atomic mass is 9.88. The van der Waals surface area contributed by atoms with Crippen molar-refractivity contribution in [2.24, 2.45) is 5.84 Å². The van der Waals surface area contributed by atoms with Crippen molar-refractivity contribution in [2.75, 3.05) is 13.1 Å². The van der Waals surface area contributed by atoms with E-state index in [1.165, 1.54) is 19.3 Å². The summed E-state index contributed by atoms with van der Waals surface area (Å²) < 4.78 is 1.98. The molecule has 1 aliphatic rings.